The van der Waals surface area contributed by atoms with Gasteiger partial charge in [-0.3, -0.25) is 29.0 Å². The Bertz CT molecular complexity index is 1310. The van der Waals surface area contributed by atoms with E-state index in [2.05, 4.69) is 36.9 Å². The van der Waals surface area contributed by atoms with Crippen LogP contribution in [-0.2, 0) is 28.8 Å². The van der Waals surface area contributed by atoms with Gasteiger partial charge in [0.15, 0.2) is 5.96 Å². The number of carbonyl (C=O) groups is 6. The van der Waals surface area contributed by atoms with E-state index < -0.39 is 65.4 Å². The molecule has 1 heterocycles. The predicted octanol–water partition coefficient (Wildman–Crippen LogP) is 0.222. The van der Waals surface area contributed by atoms with Gasteiger partial charge in [-0.05, 0) is 38.2 Å². The van der Waals surface area contributed by atoms with Crippen molar-refractivity contribution in [3.05, 3.63) is 35.9 Å². The molecule has 268 valence electrons. The summed E-state index contributed by atoms with van der Waals surface area (Å²) < 4.78 is 31.7. The second kappa shape index (κ2) is 19.0. The quantitative estimate of drug-likeness (QED) is 0.106. The van der Waals surface area contributed by atoms with Gasteiger partial charge in [-0.25, -0.2) is 4.79 Å². The van der Waals surface area contributed by atoms with Gasteiger partial charge in [0.05, 0.1) is 0 Å². The van der Waals surface area contributed by atoms with E-state index in [-0.39, 0.29) is 37.7 Å². The van der Waals surface area contributed by atoms with Crippen LogP contribution >= 0.6 is 0 Å². The standard InChI is InChI=1S/C28H44N8O5.C2HF3O2/c1-6-19-23(38)35-21(18-11-8-7-9-12-18)25(40)31-16-14-28(4,36-22(37)17(2)3)26(41)34-20(24(39)33-19)13-10-15-32-27(29)30-5;3-2(4,5)1(6)7/h7-9,11-12,17,19-21H,6,10,13-16H2,1-5H3,(H,31,40)(H,33,39)(H,34,41)(H,35,38)(H,36,37)(H3,29,30,32);(H,6,7)/t19?,20?,21?,28-;/m1./s1. The molecule has 1 aromatic rings. The molecule has 4 atom stereocenters. The largest absolute Gasteiger partial charge is 0.490 e. The highest BCUT2D eigenvalue weighted by atomic mass is 19.4. The number of rotatable bonds is 8. The molecule has 0 saturated carbocycles. The normalized spacial score (nSPS) is 22.9. The third kappa shape index (κ3) is 13.4. The Balaban J connectivity index is 0.00000148. The lowest BCUT2D eigenvalue weighted by atomic mass is 9.94. The average Bonchev–Trinajstić information content (AvgIpc) is 3.02. The van der Waals surface area contributed by atoms with Crippen molar-refractivity contribution < 1.29 is 47.0 Å². The number of benzene rings is 1. The third-order valence-electron chi connectivity index (χ3n) is 7.15. The van der Waals surface area contributed by atoms with Gasteiger partial charge in [0.1, 0.15) is 23.7 Å². The van der Waals surface area contributed by atoms with Crippen molar-refractivity contribution in [1.82, 2.24) is 31.9 Å². The molecule has 1 saturated heterocycles. The van der Waals surface area contributed by atoms with Gasteiger partial charge < -0.3 is 42.7 Å². The van der Waals surface area contributed by atoms with Crippen LogP contribution in [-0.4, -0.2) is 90.5 Å². The Labute approximate surface area is 276 Å². The Morgan fingerprint density at radius 3 is 2.15 bits per heavy atom. The number of amides is 5. The molecule has 48 heavy (non-hydrogen) atoms. The first-order chi connectivity index (χ1) is 22.4. The summed E-state index contributed by atoms with van der Waals surface area (Å²) in [4.78, 5) is 79.0. The number of halogens is 3. The number of aliphatic carboxylic acids is 1. The second-order valence-electron chi connectivity index (χ2n) is 11.3. The van der Waals surface area contributed by atoms with Crippen molar-refractivity contribution in [2.24, 2.45) is 16.6 Å². The van der Waals surface area contributed by atoms with E-state index in [4.69, 9.17) is 15.6 Å². The van der Waals surface area contributed by atoms with Gasteiger partial charge >= 0.3 is 12.1 Å². The number of carboxylic acid groups (broad SMARTS) is 1. The Hall–Kier alpha value is -4.90. The van der Waals surface area contributed by atoms with Crippen LogP contribution in [0, 0.1) is 5.92 Å². The zero-order chi connectivity index (χ0) is 36.7. The molecule has 1 aliphatic heterocycles. The van der Waals surface area contributed by atoms with E-state index in [0.29, 0.717) is 18.5 Å². The molecule has 1 aliphatic rings. The SMILES string of the molecule is CCC1NC(=O)C(CCCNC(N)=NC)NC(=O)[C@](C)(NC(=O)C(C)C)CCNC(=O)C(c2ccccc2)NC1=O.O=C(O)C(F)(F)F. The van der Waals surface area contributed by atoms with Crippen LogP contribution in [0.4, 0.5) is 13.2 Å². The number of hydrogen-bond acceptors (Lipinski definition) is 7. The minimum absolute atomic E-state index is 0.0218. The first-order valence-electron chi connectivity index (χ1n) is 15.2. The number of alkyl halides is 3. The monoisotopic (exact) mass is 686 g/mol. The maximum absolute atomic E-state index is 13.6. The number of guanidine groups is 1. The van der Waals surface area contributed by atoms with Crippen molar-refractivity contribution in [2.45, 2.75) is 83.2 Å². The molecule has 0 spiro atoms. The van der Waals surface area contributed by atoms with E-state index in [1.165, 1.54) is 0 Å². The van der Waals surface area contributed by atoms with Crippen molar-refractivity contribution in [3.8, 4) is 0 Å². The molecule has 18 heteroatoms. The van der Waals surface area contributed by atoms with E-state index in [1.807, 2.05) is 0 Å². The highest BCUT2D eigenvalue weighted by Gasteiger charge is 2.39. The highest BCUT2D eigenvalue weighted by molar-refractivity contribution is 5.97. The molecule has 1 fully saturated rings. The summed E-state index contributed by atoms with van der Waals surface area (Å²) >= 11 is 0. The van der Waals surface area contributed by atoms with E-state index in [0.717, 1.165) is 0 Å². The van der Waals surface area contributed by atoms with Crippen LogP contribution < -0.4 is 37.6 Å². The summed E-state index contributed by atoms with van der Waals surface area (Å²) in [5.74, 6) is -5.43. The minimum atomic E-state index is -5.08. The number of carboxylic acids is 1. The molecule has 1 aromatic carbocycles. The summed E-state index contributed by atoms with van der Waals surface area (Å²) in [7, 11) is 1.54. The first kappa shape index (κ1) is 41.1. The topological polar surface area (TPSA) is 233 Å². The van der Waals surface area contributed by atoms with Crippen molar-refractivity contribution in [3.63, 3.8) is 0 Å². The molecule has 0 aliphatic carbocycles. The van der Waals surface area contributed by atoms with Crippen molar-refractivity contribution in [1.29, 1.82) is 0 Å². The van der Waals surface area contributed by atoms with Gasteiger partial charge in [0.2, 0.25) is 29.5 Å². The van der Waals surface area contributed by atoms with Crippen molar-refractivity contribution in [2.75, 3.05) is 20.1 Å². The fraction of sp³-hybridized carbons (Fsp3) is 0.567. The Morgan fingerprint density at radius 1 is 1.04 bits per heavy atom. The molecule has 9 N–H and O–H groups in total. The zero-order valence-corrected chi connectivity index (χ0v) is 27.5. The maximum Gasteiger partial charge on any atom is 0.490 e. The van der Waals surface area contributed by atoms with Crippen LogP contribution in [0.5, 0.6) is 0 Å². The van der Waals surface area contributed by atoms with Gasteiger partial charge in [-0.2, -0.15) is 13.2 Å². The third-order valence-corrected chi connectivity index (χ3v) is 7.15. The van der Waals surface area contributed by atoms with Crippen molar-refractivity contribution >= 4 is 41.5 Å². The zero-order valence-electron chi connectivity index (χ0n) is 27.5. The second-order valence-corrected chi connectivity index (χ2v) is 11.3. The Kier molecular flexibility index (Phi) is 16.3. The van der Waals surface area contributed by atoms with Crippen LogP contribution in [0.3, 0.4) is 0 Å². The van der Waals surface area contributed by atoms with Crippen LogP contribution in [0.1, 0.15) is 65.0 Å². The molecular weight excluding hydrogens is 641 g/mol. The smallest absolute Gasteiger partial charge is 0.475 e. The molecule has 5 amide bonds. The Morgan fingerprint density at radius 2 is 1.62 bits per heavy atom. The molecule has 0 radical (unpaired) electrons. The summed E-state index contributed by atoms with van der Waals surface area (Å²) in [6.07, 6.45) is -4.14. The number of nitrogens with one attached hydrogen (secondary N) is 6. The van der Waals surface area contributed by atoms with Crippen LogP contribution in [0.2, 0.25) is 0 Å². The van der Waals surface area contributed by atoms with E-state index in [1.54, 1.807) is 65.1 Å². The van der Waals surface area contributed by atoms with Gasteiger partial charge in [0, 0.05) is 26.1 Å². The van der Waals surface area contributed by atoms with E-state index in [9.17, 15) is 37.1 Å². The number of nitrogens with zero attached hydrogens (tertiary/aromatic N) is 1. The van der Waals surface area contributed by atoms with Gasteiger partial charge in [-0.15, -0.1) is 0 Å². The number of carbonyl (C=O) groups excluding carboxylic acids is 5. The molecule has 0 aromatic heterocycles. The highest BCUT2D eigenvalue weighted by Crippen LogP contribution is 2.17. The number of nitrogens with two attached hydrogens (primary N) is 1. The molecule has 0 bridgehead atoms. The lowest BCUT2D eigenvalue weighted by Crippen LogP contribution is -2.63. The number of aliphatic imine (C=N–C) groups is 1. The minimum Gasteiger partial charge on any atom is -0.475 e. The number of hydrogen-bond donors (Lipinski definition) is 8. The molecule has 15 nitrogen and oxygen atoms in total. The van der Waals surface area contributed by atoms with Crippen LogP contribution in [0.25, 0.3) is 0 Å². The first-order valence-corrected chi connectivity index (χ1v) is 15.2. The molecule has 3 unspecified atom stereocenters. The van der Waals surface area contributed by atoms with Crippen LogP contribution in [0.15, 0.2) is 35.3 Å². The summed E-state index contributed by atoms with van der Waals surface area (Å²) in [6.45, 7) is 7.11. The predicted molar refractivity (Wildman–Crippen MR) is 169 cm³/mol. The fourth-order valence-electron chi connectivity index (χ4n) is 4.19. The summed E-state index contributed by atoms with van der Waals surface area (Å²) in [5, 5.41) is 23.9. The lowest BCUT2D eigenvalue weighted by molar-refractivity contribution is -0.192. The fourth-order valence-corrected chi connectivity index (χ4v) is 4.19. The lowest BCUT2D eigenvalue weighted by Gasteiger charge is -2.33. The molecular formula is C30H45F3N8O7. The summed E-state index contributed by atoms with van der Waals surface area (Å²) in [5.41, 5.74) is 4.80. The van der Waals surface area contributed by atoms with Gasteiger partial charge in [0.25, 0.3) is 0 Å². The van der Waals surface area contributed by atoms with E-state index >= 15 is 0 Å². The van der Waals surface area contributed by atoms with Gasteiger partial charge in [-0.1, -0.05) is 51.1 Å². The molecule has 2 rings (SSSR count). The summed E-state index contributed by atoms with van der Waals surface area (Å²) in [6, 6.07) is 5.72. The maximum atomic E-state index is 13.6. The average molecular weight is 687 g/mol.